The molecule has 0 saturated carbocycles. The fourth-order valence-corrected chi connectivity index (χ4v) is 3.01. The summed E-state index contributed by atoms with van der Waals surface area (Å²) in [5.74, 6) is 1.94. The van der Waals surface area contributed by atoms with Gasteiger partial charge in [0, 0.05) is 12.6 Å². The predicted octanol–water partition coefficient (Wildman–Crippen LogP) is 2.45. The van der Waals surface area contributed by atoms with Crippen molar-refractivity contribution in [3.05, 3.63) is 48.5 Å². The number of methoxy groups -OCH3 is 1. The zero-order chi connectivity index (χ0) is 17.4. The first-order valence-corrected chi connectivity index (χ1v) is 9.03. The molecular weight excluding hydrogens is 330 g/mol. The number of sulfonamides is 1. The number of hydrogen-bond acceptors (Lipinski definition) is 5. The van der Waals surface area contributed by atoms with Gasteiger partial charge in [-0.25, -0.2) is 13.1 Å². The monoisotopic (exact) mass is 351 g/mol. The minimum absolute atomic E-state index is 0.159. The zero-order valence-electron chi connectivity index (χ0n) is 13.7. The molecule has 0 aromatic heterocycles. The highest BCUT2D eigenvalue weighted by molar-refractivity contribution is 7.89. The summed E-state index contributed by atoms with van der Waals surface area (Å²) in [5.41, 5.74) is 0. The van der Waals surface area contributed by atoms with Crippen LogP contribution in [0, 0.1) is 0 Å². The summed E-state index contributed by atoms with van der Waals surface area (Å²) < 4.78 is 42.8. The molecule has 7 heteroatoms. The maximum atomic E-state index is 12.2. The molecule has 0 radical (unpaired) electrons. The van der Waals surface area contributed by atoms with Gasteiger partial charge in [-0.05, 0) is 43.3 Å². The number of benzene rings is 2. The van der Waals surface area contributed by atoms with Crippen molar-refractivity contribution in [1.29, 1.82) is 0 Å². The van der Waals surface area contributed by atoms with E-state index in [1.54, 1.807) is 37.4 Å². The number of hydrogen-bond donors (Lipinski definition) is 1. The highest BCUT2D eigenvalue weighted by atomic mass is 32.2. The maximum Gasteiger partial charge on any atom is 0.240 e. The van der Waals surface area contributed by atoms with Crippen LogP contribution in [0.3, 0.4) is 0 Å². The quantitative estimate of drug-likeness (QED) is 0.703. The molecule has 2 rings (SSSR count). The van der Waals surface area contributed by atoms with Gasteiger partial charge in [0.05, 0.1) is 18.6 Å². The van der Waals surface area contributed by atoms with Crippen LogP contribution < -0.4 is 18.9 Å². The Morgan fingerprint density at radius 3 is 2.33 bits per heavy atom. The van der Waals surface area contributed by atoms with Crippen LogP contribution in [0.15, 0.2) is 53.4 Å². The fraction of sp³-hybridized carbons (Fsp3) is 0.294. The molecule has 0 aliphatic heterocycles. The normalized spacial score (nSPS) is 11.1. The van der Waals surface area contributed by atoms with Crippen molar-refractivity contribution >= 4 is 10.0 Å². The standard InChI is InChI=1S/C17H21NO5S/c1-3-22-14-7-9-17(10-8-14)24(19,20)18-11-12-23-16-6-4-5-15(13-16)21-2/h4-10,13,18H,3,11-12H2,1-2H3. The second-order valence-electron chi connectivity index (χ2n) is 4.83. The van der Waals surface area contributed by atoms with Gasteiger partial charge < -0.3 is 14.2 Å². The second kappa shape index (κ2) is 8.56. The molecule has 2 aromatic rings. The van der Waals surface area contributed by atoms with Crippen LogP contribution in [0.1, 0.15) is 6.92 Å². The third kappa shape index (κ3) is 5.14. The van der Waals surface area contributed by atoms with E-state index in [4.69, 9.17) is 14.2 Å². The highest BCUT2D eigenvalue weighted by Gasteiger charge is 2.13. The molecule has 6 nitrogen and oxygen atoms in total. The van der Waals surface area contributed by atoms with Crippen LogP contribution in [-0.2, 0) is 10.0 Å². The van der Waals surface area contributed by atoms with Crippen molar-refractivity contribution in [2.24, 2.45) is 0 Å². The summed E-state index contributed by atoms with van der Waals surface area (Å²) >= 11 is 0. The largest absolute Gasteiger partial charge is 0.497 e. The minimum Gasteiger partial charge on any atom is -0.497 e. The van der Waals surface area contributed by atoms with Gasteiger partial charge in [-0.2, -0.15) is 0 Å². The third-order valence-electron chi connectivity index (χ3n) is 3.15. The molecule has 0 aliphatic rings. The fourth-order valence-electron chi connectivity index (χ4n) is 2.00. The lowest BCUT2D eigenvalue weighted by molar-refractivity contribution is 0.320. The Bertz CT molecular complexity index is 744. The van der Waals surface area contributed by atoms with E-state index in [1.165, 1.54) is 12.1 Å². The Kier molecular flexibility index (Phi) is 6.45. The van der Waals surface area contributed by atoms with Gasteiger partial charge in [-0.1, -0.05) is 6.07 Å². The van der Waals surface area contributed by atoms with E-state index in [0.717, 1.165) is 0 Å². The molecule has 0 fully saturated rings. The Labute approximate surface area is 142 Å². The lowest BCUT2D eigenvalue weighted by Gasteiger charge is -2.10. The van der Waals surface area contributed by atoms with E-state index in [1.807, 2.05) is 13.0 Å². The van der Waals surface area contributed by atoms with Crippen molar-refractivity contribution in [3.8, 4) is 17.2 Å². The molecule has 0 unspecified atom stereocenters. The number of rotatable bonds is 9. The highest BCUT2D eigenvalue weighted by Crippen LogP contribution is 2.19. The van der Waals surface area contributed by atoms with E-state index in [9.17, 15) is 8.42 Å². The van der Waals surface area contributed by atoms with Crippen LogP contribution in [0.4, 0.5) is 0 Å². The summed E-state index contributed by atoms with van der Waals surface area (Å²) in [7, 11) is -2.00. The molecule has 0 aliphatic carbocycles. The first-order valence-electron chi connectivity index (χ1n) is 7.54. The zero-order valence-corrected chi connectivity index (χ0v) is 14.5. The molecule has 2 aromatic carbocycles. The molecule has 0 spiro atoms. The molecule has 0 amide bonds. The summed E-state index contributed by atoms with van der Waals surface area (Å²) in [5, 5.41) is 0. The molecule has 0 atom stereocenters. The van der Waals surface area contributed by atoms with Gasteiger partial charge in [0.15, 0.2) is 0 Å². The van der Waals surface area contributed by atoms with Gasteiger partial charge in [-0.15, -0.1) is 0 Å². The van der Waals surface area contributed by atoms with Gasteiger partial charge in [0.25, 0.3) is 0 Å². The van der Waals surface area contributed by atoms with Crippen molar-refractivity contribution in [2.75, 3.05) is 26.9 Å². The average Bonchev–Trinajstić information content (AvgIpc) is 2.60. The summed E-state index contributed by atoms with van der Waals surface area (Å²) in [6.07, 6.45) is 0. The smallest absolute Gasteiger partial charge is 0.240 e. The number of ether oxygens (including phenoxy) is 3. The predicted molar refractivity (Wildman–Crippen MR) is 91.3 cm³/mol. The minimum atomic E-state index is -3.57. The Hall–Kier alpha value is -2.25. The van der Waals surface area contributed by atoms with Crippen LogP contribution in [-0.4, -0.2) is 35.3 Å². The van der Waals surface area contributed by atoms with E-state index < -0.39 is 10.0 Å². The lowest BCUT2D eigenvalue weighted by Crippen LogP contribution is -2.28. The molecule has 1 N–H and O–H groups in total. The van der Waals surface area contributed by atoms with Crippen molar-refractivity contribution in [3.63, 3.8) is 0 Å². The molecule has 0 saturated heterocycles. The molecule has 130 valence electrons. The Morgan fingerprint density at radius 1 is 0.958 bits per heavy atom. The van der Waals surface area contributed by atoms with Crippen molar-refractivity contribution < 1.29 is 22.6 Å². The first kappa shape index (κ1) is 18.1. The molecule has 0 heterocycles. The molecule has 24 heavy (non-hydrogen) atoms. The van der Waals surface area contributed by atoms with E-state index in [-0.39, 0.29) is 18.0 Å². The van der Waals surface area contributed by atoms with Crippen LogP contribution in [0.5, 0.6) is 17.2 Å². The second-order valence-corrected chi connectivity index (χ2v) is 6.60. The summed E-state index contributed by atoms with van der Waals surface area (Å²) in [4.78, 5) is 0.187. The average molecular weight is 351 g/mol. The van der Waals surface area contributed by atoms with E-state index in [2.05, 4.69) is 4.72 Å². The first-order chi connectivity index (χ1) is 11.5. The SMILES string of the molecule is CCOc1ccc(S(=O)(=O)NCCOc2cccc(OC)c2)cc1. The Balaban J connectivity index is 1.86. The Morgan fingerprint density at radius 2 is 1.67 bits per heavy atom. The summed E-state index contributed by atoms with van der Waals surface area (Å²) in [6, 6.07) is 13.4. The summed E-state index contributed by atoms with van der Waals surface area (Å²) in [6.45, 7) is 2.77. The van der Waals surface area contributed by atoms with Crippen LogP contribution >= 0.6 is 0 Å². The topological polar surface area (TPSA) is 73.9 Å². The van der Waals surface area contributed by atoms with Gasteiger partial charge in [0.1, 0.15) is 23.9 Å². The molecular formula is C17H21NO5S. The van der Waals surface area contributed by atoms with Gasteiger partial charge in [-0.3, -0.25) is 0 Å². The third-order valence-corrected chi connectivity index (χ3v) is 4.63. The number of nitrogens with one attached hydrogen (secondary N) is 1. The van der Waals surface area contributed by atoms with Gasteiger partial charge >= 0.3 is 0 Å². The van der Waals surface area contributed by atoms with Crippen molar-refractivity contribution in [2.45, 2.75) is 11.8 Å². The van der Waals surface area contributed by atoms with Crippen molar-refractivity contribution in [1.82, 2.24) is 4.72 Å². The van der Waals surface area contributed by atoms with E-state index in [0.29, 0.717) is 23.9 Å². The van der Waals surface area contributed by atoms with E-state index >= 15 is 0 Å². The van der Waals surface area contributed by atoms with Gasteiger partial charge in [0.2, 0.25) is 10.0 Å². The maximum absolute atomic E-state index is 12.2. The lowest BCUT2D eigenvalue weighted by atomic mass is 10.3. The van der Waals surface area contributed by atoms with Crippen LogP contribution in [0.2, 0.25) is 0 Å². The molecule has 0 bridgehead atoms. The van der Waals surface area contributed by atoms with Crippen LogP contribution in [0.25, 0.3) is 0 Å².